The van der Waals surface area contributed by atoms with Crippen molar-refractivity contribution in [2.45, 2.75) is 30.1 Å². The lowest BCUT2D eigenvalue weighted by Crippen LogP contribution is -2.34. The summed E-state index contributed by atoms with van der Waals surface area (Å²) in [7, 11) is -3.46. The second-order valence-electron chi connectivity index (χ2n) is 9.58. The highest BCUT2D eigenvalue weighted by Gasteiger charge is 2.77. The first-order valence-corrected chi connectivity index (χ1v) is 12.6. The Kier molecular flexibility index (Phi) is 4.22. The molecule has 2 aliphatic carbocycles. The molecule has 0 radical (unpaired) electrons. The Morgan fingerprint density at radius 2 is 1.42 bits per heavy atom. The average Bonchev–Trinajstić information content (AvgIpc) is 3.69. The predicted octanol–water partition coefficient (Wildman–Crippen LogP) is 5.20. The number of nitrogens with zero attached hydrogens (tertiary/aromatic N) is 1. The van der Waals surface area contributed by atoms with E-state index >= 15 is 0 Å². The molecule has 3 fully saturated rings. The molecule has 5 atom stereocenters. The molecular formula is C27H27NO2S. The first-order valence-electron chi connectivity index (χ1n) is 11.2. The highest BCUT2D eigenvalue weighted by atomic mass is 32.2. The van der Waals surface area contributed by atoms with Gasteiger partial charge in [0.1, 0.15) is 0 Å². The number of aryl methyl sites for hydroxylation is 1. The number of hydrogen-bond acceptors (Lipinski definition) is 2. The summed E-state index contributed by atoms with van der Waals surface area (Å²) in [5, 5.41) is 0. The Hall–Kier alpha value is -2.43. The summed E-state index contributed by atoms with van der Waals surface area (Å²) >= 11 is 0. The molecule has 1 heterocycles. The summed E-state index contributed by atoms with van der Waals surface area (Å²) in [4.78, 5) is 0.418. The second-order valence-corrected chi connectivity index (χ2v) is 11.5. The van der Waals surface area contributed by atoms with Gasteiger partial charge < -0.3 is 0 Å². The third kappa shape index (κ3) is 2.92. The van der Waals surface area contributed by atoms with E-state index in [1.54, 1.807) is 16.4 Å². The molecule has 158 valence electrons. The molecule has 0 N–H and O–H groups in total. The van der Waals surface area contributed by atoms with E-state index in [-0.39, 0.29) is 5.41 Å². The van der Waals surface area contributed by atoms with Crippen molar-refractivity contribution in [1.82, 2.24) is 4.31 Å². The van der Waals surface area contributed by atoms with Crippen LogP contribution < -0.4 is 0 Å². The summed E-state index contributed by atoms with van der Waals surface area (Å²) in [6, 6.07) is 28.8. The van der Waals surface area contributed by atoms with Crippen LogP contribution in [0.5, 0.6) is 0 Å². The van der Waals surface area contributed by atoms with Gasteiger partial charge in [-0.25, -0.2) is 8.42 Å². The molecule has 1 aliphatic heterocycles. The minimum Gasteiger partial charge on any atom is -0.207 e. The number of benzene rings is 3. The normalized spacial score (nSPS) is 31.9. The van der Waals surface area contributed by atoms with Crippen molar-refractivity contribution in [3.05, 3.63) is 102 Å². The summed E-state index contributed by atoms with van der Waals surface area (Å²) in [6.07, 6.45) is 1.17. The maximum atomic E-state index is 13.4. The van der Waals surface area contributed by atoms with Crippen LogP contribution in [0, 0.1) is 24.2 Å². The number of piperidine rings is 1. The van der Waals surface area contributed by atoms with Crippen molar-refractivity contribution in [3.63, 3.8) is 0 Å². The van der Waals surface area contributed by atoms with Gasteiger partial charge in [0.15, 0.2) is 0 Å². The van der Waals surface area contributed by atoms with Gasteiger partial charge in [-0.3, -0.25) is 0 Å². The Morgan fingerprint density at radius 1 is 0.806 bits per heavy atom. The molecule has 3 aromatic carbocycles. The largest absolute Gasteiger partial charge is 0.243 e. The standard InChI is InChI=1S/C27H27NO2S/c1-19-12-14-22(15-13-19)31(29,30)28-17-25-26(21-10-6-3-7-11-21)27(25,18-28)24-16-23(24)20-8-4-2-5-9-20/h2-15,23-26H,16-18H2,1H3/t23-,24+,25-,26-,27+/m0/s1. The monoisotopic (exact) mass is 429 g/mol. The van der Waals surface area contributed by atoms with Crippen LogP contribution in [0.25, 0.3) is 0 Å². The van der Waals surface area contributed by atoms with Gasteiger partial charge in [0.25, 0.3) is 0 Å². The van der Waals surface area contributed by atoms with E-state index in [1.807, 2.05) is 19.1 Å². The van der Waals surface area contributed by atoms with Gasteiger partial charge in [-0.05, 0) is 65.7 Å². The van der Waals surface area contributed by atoms with E-state index in [4.69, 9.17) is 0 Å². The Bertz CT molecular complexity index is 1210. The van der Waals surface area contributed by atoms with E-state index < -0.39 is 10.0 Å². The molecular weight excluding hydrogens is 402 g/mol. The van der Waals surface area contributed by atoms with Gasteiger partial charge in [-0.15, -0.1) is 0 Å². The third-order valence-corrected chi connectivity index (χ3v) is 9.77. The van der Waals surface area contributed by atoms with Crippen LogP contribution in [0.3, 0.4) is 0 Å². The van der Waals surface area contributed by atoms with Crippen molar-refractivity contribution in [3.8, 4) is 0 Å². The fraction of sp³-hybridized carbons (Fsp3) is 0.333. The predicted molar refractivity (Wildman–Crippen MR) is 122 cm³/mol. The molecule has 0 amide bonds. The molecule has 3 aliphatic rings. The number of rotatable bonds is 5. The van der Waals surface area contributed by atoms with Gasteiger partial charge in [0.2, 0.25) is 10.0 Å². The summed E-state index contributed by atoms with van der Waals surface area (Å²) in [5.41, 5.74) is 3.92. The molecule has 3 nitrogen and oxygen atoms in total. The van der Waals surface area contributed by atoms with E-state index in [9.17, 15) is 8.42 Å². The Labute approximate surface area is 184 Å². The van der Waals surface area contributed by atoms with Crippen molar-refractivity contribution in [2.75, 3.05) is 13.1 Å². The lowest BCUT2D eigenvalue weighted by molar-refractivity contribution is 0.351. The van der Waals surface area contributed by atoms with Crippen LogP contribution in [0.4, 0.5) is 0 Å². The SMILES string of the molecule is Cc1ccc(S(=O)(=O)N2C[C@H]3[C@H](c4ccccc4)[C@@]3([C@@H]3C[C@H]3c3ccccc3)C2)cc1. The lowest BCUT2D eigenvalue weighted by Gasteiger charge is -2.24. The zero-order chi connectivity index (χ0) is 21.2. The first kappa shape index (κ1) is 19.3. The van der Waals surface area contributed by atoms with Crippen LogP contribution >= 0.6 is 0 Å². The third-order valence-electron chi connectivity index (χ3n) is 7.94. The number of sulfonamides is 1. The highest BCUT2D eigenvalue weighted by molar-refractivity contribution is 7.89. The van der Waals surface area contributed by atoms with Crippen LogP contribution in [-0.2, 0) is 10.0 Å². The zero-order valence-electron chi connectivity index (χ0n) is 17.7. The van der Waals surface area contributed by atoms with Gasteiger partial charge in [-0.2, -0.15) is 4.31 Å². The van der Waals surface area contributed by atoms with Crippen LogP contribution in [0.15, 0.2) is 89.8 Å². The first-order chi connectivity index (χ1) is 15.0. The van der Waals surface area contributed by atoms with Gasteiger partial charge in [-0.1, -0.05) is 78.4 Å². The van der Waals surface area contributed by atoms with E-state index in [1.165, 1.54) is 17.5 Å². The minimum atomic E-state index is -3.46. The average molecular weight is 430 g/mol. The fourth-order valence-corrected chi connectivity index (χ4v) is 7.88. The summed E-state index contributed by atoms with van der Waals surface area (Å²) in [6.45, 7) is 3.26. The van der Waals surface area contributed by atoms with E-state index in [0.717, 1.165) is 5.56 Å². The maximum absolute atomic E-state index is 13.4. The molecule has 1 saturated heterocycles. The van der Waals surface area contributed by atoms with Crippen molar-refractivity contribution in [2.24, 2.45) is 17.3 Å². The molecule has 0 aromatic heterocycles. The molecule has 31 heavy (non-hydrogen) atoms. The smallest absolute Gasteiger partial charge is 0.207 e. The summed E-state index contributed by atoms with van der Waals surface area (Å²) in [5.74, 6) is 1.99. The number of fused-ring (bicyclic) bond motifs is 1. The maximum Gasteiger partial charge on any atom is 0.243 e. The fourth-order valence-electron chi connectivity index (χ4n) is 6.35. The van der Waals surface area contributed by atoms with Crippen LogP contribution in [0.1, 0.15) is 34.9 Å². The van der Waals surface area contributed by atoms with Gasteiger partial charge >= 0.3 is 0 Å². The summed E-state index contributed by atoms with van der Waals surface area (Å²) < 4.78 is 28.6. The van der Waals surface area contributed by atoms with Crippen molar-refractivity contribution >= 4 is 10.0 Å². The van der Waals surface area contributed by atoms with E-state index in [0.29, 0.717) is 41.7 Å². The molecule has 2 saturated carbocycles. The topological polar surface area (TPSA) is 37.4 Å². The van der Waals surface area contributed by atoms with Crippen molar-refractivity contribution < 1.29 is 8.42 Å². The quantitative estimate of drug-likeness (QED) is 0.559. The van der Waals surface area contributed by atoms with Crippen molar-refractivity contribution in [1.29, 1.82) is 0 Å². The number of hydrogen-bond donors (Lipinski definition) is 0. The molecule has 0 bridgehead atoms. The Balaban J connectivity index is 1.33. The molecule has 6 rings (SSSR count). The van der Waals surface area contributed by atoms with Crippen LogP contribution in [-0.4, -0.2) is 25.8 Å². The molecule has 0 unspecified atom stereocenters. The highest BCUT2D eigenvalue weighted by Crippen LogP contribution is 2.79. The minimum absolute atomic E-state index is 0.0691. The second kappa shape index (κ2) is 6.78. The van der Waals surface area contributed by atoms with E-state index in [2.05, 4.69) is 60.7 Å². The molecule has 4 heteroatoms. The molecule has 0 spiro atoms. The van der Waals surface area contributed by atoms with Gasteiger partial charge in [0.05, 0.1) is 4.90 Å². The van der Waals surface area contributed by atoms with Crippen LogP contribution in [0.2, 0.25) is 0 Å². The lowest BCUT2D eigenvalue weighted by atomic mass is 9.91. The van der Waals surface area contributed by atoms with Gasteiger partial charge in [0, 0.05) is 13.1 Å². The Morgan fingerprint density at radius 3 is 2.06 bits per heavy atom. The molecule has 3 aromatic rings. The zero-order valence-corrected chi connectivity index (χ0v) is 18.5.